The molecule has 1 heterocycles. The van der Waals surface area contributed by atoms with Crippen LogP contribution >= 0.6 is 0 Å². The quantitative estimate of drug-likeness (QED) is 0.804. The van der Waals surface area contributed by atoms with Crippen LogP contribution in [0.4, 0.5) is 0 Å². The highest BCUT2D eigenvalue weighted by molar-refractivity contribution is 7.89. The molecule has 0 fully saturated rings. The number of rotatable bonds is 4. The van der Waals surface area contributed by atoms with E-state index < -0.39 is 10.0 Å². The average molecular weight is 315 g/mol. The Morgan fingerprint density at radius 3 is 2.59 bits per heavy atom. The van der Waals surface area contributed by atoms with E-state index in [4.69, 9.17) is 0 Å². The molecule has 3 rings (SSSR count). The molecule has 0 radical (unpaired) electrons. The van der Waals surface area contributed by atoms with Gasteiger partial charge < -0.3 is 4.57 Å². The molecule has 0 spiro atoms. The summed E-state index contributed by atoms with van der Waals surface area (Å²) in [6, 6.07) is 14.4. The van der Waals surface area contributed by atoms with Gasteiger partial charge in [-0.05, 0) is 30.7 Å². The molecule has 3 aromatic rings. The number of benzene rings is 2. The van der Waals surface area contributed by atoms with E-state index in [1.165, 1.54) is 0 Å². The molecule has 0 bridgehead atoms. The van der Waals surface area contributed by atoms with E-state index in [0.717, 1.165) is 16.9 Å². The first kappa shape index (κ1) is 14.7. The summed E-state index contributed by atoms with van der Waals surface area (Å²) in [7, 11) is -1.64. The molecule has 114 valence electrons. The van der Waals surface area contributed by atoms with Crippen molar-refractivity contribution in [3.05, 3.63) is 59.9 Å². The summed E-state index contributed by atoms with van der Waals surface area (Å²) in [6.07, 6.45) is 0. The Kier molecular flexibility index (Phi) is 3.72. The number of aryl methyl sites for hydroxylation is 2. The predicted molar refractivity (Wildman–Crippen MR) is 85.9 cm³/mol. The molecule has 0 amide bonds. The first-order chi connectivity index (χ1) is 10.5. The van der Waals surface area contributed by atoms with Crippen LogP contribution in [0.2, 0.25) is 0 Å². The highest BCUT2D eigenvalue weighted by Crippen LogP contribution is 2.19. The smallest absolute Gasteiger partial charge is 0.240 e. The van der Waals surface area contributed by atoms with Gasteiger partial charge in [0.05, 0.1) is 15.9 Å². The van der Waals surface area contributed by atoms with Gasteiger partial charge in [-0.15, -0.1) is 0 Å². The molecule has 0 aliphatic carbocycles. The van der Waals surface area contributed by atoms with Crippen molar-refractivity contribution in [3.63, 3.8) is 0 Å². The second-order valence-corrected chi connectivity index (χ2v) is 6.95. The van der Waals surface area contributed by atoms with Crippen LogP contribution in [0.25, 0.3) is 11.0 Å². The lowest BCUT2D eigenvalue weighted by molar-refractivity contribution is 0.581. The Labute approximate surface area is 129 Å². The lowest BCUT2D eigenvalue weighted by Gasteiger charge is -2.07. The van der Waals surface area contributed by atoms with Crippen molar-refractivity contribution < 1.29 is 8.42 Å². The maximum absolute atomic E-state index is 12.4. The molecular formula is C16H17N3O2S. The fraction of sp³-hybridized carbons (Fsp3) is 0.188. The summed E-state index contributed by atoms with van der Waals surface area (Å²) in [5.74, 6) is 0.849. The number of nitrogens with zero attached hydrogens (tertiary/aromatic N) is 2. The summed E-state index contributed by atoms with van der Waals surface area (Å²) < 4.78 is 29.3. The van der Waals surface area contributed by atoms with Crippen LogP contribution < -0.4 is 4.72 Å². The van der Waals surface area contributed by atoms with Crippen LogP contribution in [0.1, 0.15) is 11.4 Å². The maximum atomic E-state index is 12.4. The number of aromatic nitrogens is 2. The second kappa shape index (κ2) is 5.55. The van der Waals surface area contributed by atoms with E-state index >= 15 is 0 Å². The summed E-state index contributed by atoms with van der Waals surface area (Å²) >= 11 is 0. The van der Waals surface area contributed by atoms with Crippen LogP contribution in [-0.2, 0) is 23.6 Å². The van der Waals surface area contributed by atoms with Gasteiger partial charge in [0, 0.05) is 13.6 Å². The van der Waals surface area contributed by atoms with Crippen molar-refractivity contribution >= 4 is 21.1 Å². The van der Waals surface area contributed by atoms with E-state index in [9.17, 15) is 8.42 Å². The van der Waals surface area contributed by atoms with Crippen LogP contribution in [0.3, 0.4) is 0 Å². The molecule has 0 saturated heterocycles. The van der Waals surface area contributed by atoms with Gasteiger partial charge in [0.1, 0.15) is 5.82 Å². The molecule has 0 aliphatic heterocycles. The van der Waals surface area contributed by atoms with Crippen molar-refractivity contribution in [2.24, 2.45) is 7.05 Å². The SMILES string of the molecule is Cc1nc2cc(S(=O)(=O)NCc3ccccc3)ccc2n1C. The van der Waals surface area contributed by atoms with Crippen molar-refractivity contribution in [1.29, 1.82) is 0 Å². The Bertz CT molecular complexity index is 915. The van der Waals surface area contributed by atoms with Gasteiger partial charge >= 0.3 is 0 Å². The summed E-state index contributed by atoms with van der Waals surface area (Å²) in [4.78, 5) is 4.61. The summed E-state index contributed by atoms with van der Waals surface area (Å²) in [5, 5.41) is 0. The minimum Gasteiger partial charge on any atom is -0.331 e. The molecule has 0 atom stereocenters. The first-order valence-electron chi connectivity index (χ1n) is 6.94. The van der Waals surface area contributed by atoms with Gasteiger partial charge in [-0.1, -0.05) is 30.3 Å². The molecular weight excluding hydrogens is 298 g/mol. The fourth-order valence-electron chi connectivity index (χ4n) is 2.32. The molecule has 6 heteroatoms. The molecule has 1 N–H and O–H groups in total. The highest BCUT2D eigenvalue weighted by atomic mass is 32.2. The van der Waals surface area contributed by atoms with Crippen LogP contribution in [0.15, 0.2) is 53.4 Å². The molecule has 0 unspecified atom stereocenters. The molecule has 1 aromatic heterocycles. The predicted octanol–water partition coefficient (Wildman–Crippen LogP) is 2.36. The maximum Gasteiger partial charge on any atom is 0.240 e. The second-order valence-electron chi connectivity index (χ2n) is 5.18. The lowest BCUT2D eigenvalue weighted by Crippen LogP contribution is -2.23. The van der Waals surface area contributed by atoms with E-state index in [-0.39, 0.29) is 11.4 Å². The molecule has 0 saturated carbocycles. The van der Waals surface area contributed by atoms with Crippen LogP contribution in [-0.4, -0.2) is 18.0 Å². The number of imidazole rings is 1. The van der Waals surface area contributed by atoms with Crippen molar-refractivity contribution in [2.75, 3.05) is 0 Å². The minimum absolute atomic E-state index is 0.231. The van der Waals surface area contributed by atoms with Crippen molar-refractivity contribution in [2.45, 2.75) is 18.4 Å². The zero-order valence-corrected chi connectivity index (χ0v) is 13.3. The first-order valence-corrected chi connectivity index (χ1v) is 8.42. The van der Waals surface area contributed by atoms with Crippen molar-refractivity contribution in [3.8, 4) is 0 Å². The molecule has 22 heavy (non-hydrogen) atoms. The monoisotopic (exact) mass is 315 g/mol. The minimum atomic E-state index is -3.55. The number of fused-ring (bicyclic) bond motifs is 1. The molecule has 2 aromatic carbocycles. The van der Waals surface area contributed by atoms with Gasteiger partial charge in [-0.25, -0.2) is 18.1 Å². The van der Waals surface area contributed by atoms with E-state index in [2.05, 4.69) is 9.71 Å². The third-order valence-corrected chi connectivity index (χ3v) is 5.09. The van der Waals surface area contributed by atoms with Gasteiger partial charge in [0.25, 0.3) is 0 Å². The Morgan fingerprint density at radius 1 is 1.14 bits per heavy atom. The lowest BCUT2D eigenvalue weighted by atomic mass is 10.2. The Balaban J connectivity index is 1.88. The summed E-state index contributed by atoms with van der Waals surface area (Å²) in [6.45, 7) is 2.16. The molecule has 5 nitrogen and oxygen atoms in total. The zero-order valence-electron chi connectivity index (χ0n) is 12.4. The van der Waals surface area contributed by atoms with E-state index in [0.29, 0.717) is 5.52 Å². The normalized spacial score (nSPS) is 11.9. The highest BCUT2D eigenvalue weighted by Gasteiger charge is 2.15. The van der Waals surface area contributed by atoms with Gasteiger partial charge in [-0.2, -0.15) is 0 Å². The largest absolute Gasteiger partial charge is 0.331 e. The Hall–Kier alpha value is -2.18. The number of hydrogen-bond donors (Lipinski definition) is 1. The number of nitrogens with one attached hydrogen (secondary N) is 1. The van der Waals surface area contributed by atoms with Gasteiger partial charge in [0.2, 0.25) is 10.0 Å². The van der Waals surface area contributed by atoms with E-state index in [1.807, 2.05) is 48.9 Å². The van der Waals surface area contributed by atoms with Gasteiger partial charge in [0.15, 0.2) is 0 Å². The number of hydrogen-bond acceptors (Lipinski definition) is 3. The van der Waals surface area contributed by atoms with Crippen LogP contribution in [0, 0.1) is 6.92 Å². The standard InChI is InChI=1S/C16H17N3O2S/c1-12-18-15-10-14(8-9-16(15)19(12)2)22(20,21)17-11-13-6-4-3-5-7-13/h3-10,17H,11H2,1-2H3. The third-order valence-electron chi connectivity index (χ3n) is 3.70. The Morgan fingerprint density at radius 2 is 1.86 bits per heavy atom. The average Bonchev–Trinajstić information content (AvgIpc) is 2.81. The fourth-order valence-corrected chi connectivity index (χ4v) is 3.36. The zero-order chi connectivity index (χ0) is 15.7. The van der Waals surface area contributed by atoms with Gasteiger partial charge in [-0.3, -0.25) is 0 Å². The topological polar surface area (TPSA) is 64.0 Å². The third kappa shape index (κ3) is 2.75. The summed E-state index contributed by atoms with van der Waals surface area (Å²) in [5.41, 5.74) is 2.52. The van der Waals surface area contributed by atoms with Crippen molar-refractivity contribution in [1.82, 2.24) is 14.3 Å². The number of sulfonamides is 1. The molecule has 0 aliphatic rings. The van der Waals surface area contributed by atoms with E-state index in [1.54, 1.807) is 18.2 Å². The van der Waals surface area contributed by atoms with Crippen LogP contribution in [0.5, 0.6) is 0 Å².